The van der Waals surface area contributed by atoms with Crippen molar-refractivity contribution in [3.63, 3.8) is 0 Å². The topological polar surface area (TPSA) is 69.6 Å². The van der Waals surface area contributed by atoms with E-state index in [0.717, 1.165) is 17.7 Å². The fourth-order valence-corrected chi connectivity index (χ4v) is 1.87. The van der Waals surface area contributed by atoms with Crippen LogP contribution in [0.3, 0.4) is 0 Å². The lowest BCUT2D eigenvalue weighted by molar-refractivity contribution is -0.142. The average molecular weight is 250 g/mol. The highest BCUT2D eigenvalue weighted by atomic mass is 19.3. The zero-order valence-corrected chi connectivity index (χ0v) is 9.36. The molecule has 0 aliphatic carbocycles. The van der Waals surface area contributed by atoms with E-state index in [9.17, 15) is 18.4 Å². The van der Waals surface area contributed by atoms with Crippen LogP contribution < -0.4 is 5.32 Å². The predicted octanol–water partition coefficient (Wildman–Crippen LogP) is 1.29. The van der Waals surface area contributed by atoms with E-state index in [2.05, 4.69) is 0 Å². The molecule has 0 saturated carbocycles. The van der Waals surface area contributed by atoms with Crippen molar-refractivity contribution in [2.24, 2.45) is 0 Å². The van der Waals surface area contributed by atoms with Gasteiger partial charge in [0.05, 0.1) is 6.54 Å². The second-order valence-electron chi connectivity index (χ2n) is 3.97. The average Bonchev–Trinajstić information content (AvgIpc) is 2.50. The number of carboxylic acid groups (broad SMARTS) is 1. The molecule has 1 fully saturated rings. The molecular formula is C10H16F2N2O3. The summed E-state index contributed by atoms with van der Waals surface area (Å²) in [5.41, 5.74) is 0. The molecule has 0 bridgehead atoms. The Labute approximate surface area is 97.8 Å². The number of aliphatic carboxylic acids is 1. The van der Waals surface area contributed by atoms with Gasteiger partial charge in [0.25, 0.3) is 6.43 Å². The molecule has 98 valence electrons. The molecular weight excluding hydrogens is 234 g/mol. The van der Waals surface area contributed by atoms with Crippen LogP contribution in [-0.4, -0.2) is 47.6 Å². The summed E-state index contributed by atoms with van der Waals surface area (Å²) in [6, 6.07) is -1.63. The number of hydrogen-bond donors (Lipinski definition) is 2. The molecule has 2 amide bonds. The maximum atomic E-state index is 11.9. The van der Waals surface area contributed by atoms with Gasteiger partial charge in [0.2, 0.25) is 0 Å². The van der Waals surface area contributed by atoms with Crippen LogP contribution in [0.2, 0.25) is 0 Å². The van der Waals surface area contributed by atoms with Crippen LogP contribution >= 0.6 is 0 Å². The van der Waals surface area contributed by atoms with Gasteiger partial charge in [-0.2, -0.15) is 0 Å². The Kier molecular flexibility index (Phi) is 5.11. The van der Waals surface area contributed by atoms with Crippen LogP contribution in [0.4, 0.5) is 13.6 Å². The molecule has 0 aromatic carbocycles. The van der Waals surface area contributed by atoms with Crippen LogP contribution in [-0.2, 0) is 4.79 Å². The van der Waals surface area contributed by atoms with Crippen LogP contribution in [0.15, 0.2) is 0 Å². The molecule has 0 aromatic heterocycles. The Balaban J connectivity index is 2.62. The number of halogens is 2. The van der Waals surface area contributed by atoms with Crippen LogP contribution in [0.1, 0.15) is 25.7 Å². The number of urea groups is 1. The molecule has 1 unspecified atom stereocenters. The third-order valence-electron chi connectivity index (χ3n) is 2.71. The molecule has 7 heteroatoms. The summed E-state index contributed by atoms with van der Waals surface area (Å²) >= 11 is 0. The minimum atomic E-state index is -2.63. The van der Waals surface area contributed by atoms with Crippen molar-refractivity contribution in [1.82, 2.24) is 10.2 Å². The summed E-state index contributed by atoms with van der Waals surface area (Å²) < 4.78 is 23.9. The van der Waals surface area contributed by atoms with Gasteiger partial charge in [0, 0.05) is 6.54 Å². The number of carbonyl (C=O) groups is 2. The van der Waals surface area contributed by atoms with Crippen molar-refractivity contribution in [2.45, 2.75) is 38.2 Å². The summed E-state index contributed by atoms with van der Waals surface area (Å²) in [6.07, 6.45) is 0.0237. The molecule has 1 heterocycles. The van der Waals surface area contributed by atoms with E-state index in [0.29, 0.717) is 19.4 Å². The number of likely N-dealkylation sites (tertiary alicyclic amines) is 1. The lowest BCUT2D eigenvalue weighted by atomic mass is 10.1. The molecule has 1 aliphatic rings. The molecule has 1 atom stereocenters. The van der Waals surface area contributed by atoms with E-state index in [1.54, 1.807) is 0 Å². The maximum Gasteiger partial charge on any atom is 0.326 e. The Morgan fingerprint density at radius 2 is 2.06 bits per heavy atom. The monoisotopic (exact) mass is 250 g/mol. The third kappa shape index (κ3) is 4.16. The lowest BCUT2D eigenvalue weighted by Gasteiger charge is -2.26. The Morgan fingerprint density at radius 1 is 1.35 bits per heavy atom. The quantitative estimate of drug-likeness (QED) is 0.793. The SMILES string of the molecule is O=C(O)C1CCCCCN1C(=O)NCC(F)F. The number of alkyl halides is 2. The van der Waals surface area contributed by atoms with Gasteiger partial charge in [-0.25, -0.2) is 18.4 Å². The molecule has 1 saturated heterocycles. The lowest BCUT2D eigenvalue weighted by Crippen LogP contribution is -2.50. The number of amides is 2. The van der Waals surface area contributed by atoms with Gasteiger partial charge in [-0.05, 0) is 12.8 Å². The first-order chi connectivity index (χ1) is 8.02. The van der Waals surface area contributed by atoms with E-state index in [1.807, 2.05) is 5.32 Å². The number of carboxylic acids is 1. The van der Waals surface area contributed by atoms with E-state index >= 15 is 0 Å². The highest BCUT2D eigenvalue weighted by Crippen LogP contribution is 2.17. The summed E-state index contributed by atoms with van der Waals surface area (Å²) in [6.45, 7) is -0.451. The van der Waals surface area contributed by atoms with Gasteiger partial charge in [-0.3, -0.25) is 0 Å². The largest absolute Gasteiger partial charge is 0.480 e. The number of carbonyl (C=O) groups excluding carboxylic acids is 1. The third-order valence-corrected chi connectivity index (χ3v) is 2.71. The second-order valence-corrected chi connectivity index (χ2v) is 3.97. The van der Waals surface area contributed by atoms with E-state index < -0.39 is 31.0 Å². The summed E-state index contributed by atoms with van der Waals surface area (Å²) in [5, 5.41) is 11.0. The molecule has 0 radical (unpaired) electrons. The van der Waals surface area contributed by atoms with Gasteiger partial charge in [-0.15, -0.1) is 0 Å². The number of nitrogens with zero attached hydrogens (tertiary/aromatic N) is 1. The van der Waals surface area contributed by atoms with Gasteiger partial charge in [-0.1, -0.05) is 12.8 Å². The minimum absolute atomic E-state index is 0.298. The fraction of sp³-hybridized carbons (Fsp3) is 0.800. The normalized spacial score (nSPS) is 21.1. The summed E-state index contributed by atoms with van der Waals surface area (Å²) in [7, 11) is 0. The van der Waals surface area contributed by atoms with Crippen molar-refractivity contribution in [3.8, 4) is 0 Å². The Hall–Kier alpha value is -1.40. The van der Waals surface area contributed by atoms with Crippen LogP contribution in [0, 0.1) is 0 Å². The Bertz CT molecular complexity index is 287. The van der Waals surface area contributed by atoms with E-state index in [-0.39, 0.29) is 0 Å². The van der Waals surface area contributed by atoms with Gasteiger partial charge >= 0.3 is 12.0 Å². The van der Waals surface area contributed by atoms with E-state index in [4.69, 9.17) is 5.11 Å². The smallest absolute Gasteiger partial charge is 0.326 e. The standard InChI is InChI=1S/C10H16F2N2O3/c11-8(12)6-13-10(17)14-5-3-1-2-4-7(14)9(15)16/h7-8H,1-6H2,(H,13,17)(H,15,16). The van der Waals surface area contributed by atoms with Crippen molar-refractivity contribution in [3.05, 3.63) is 0 Å². The Morgan fingerprint density at radius 3 is 2.65 bits per heavy atom. The minimum Gasteiger partial charge on any atom is -0.480 e. The first-order valence-electron chi connectivity index (χ1n) is 5.58. The molecule has 0 spiro atoms. The van der Waals surface area contributed by atoms with Crippen LogP contribution in [0.25, 0.3) is 0 Å². The molecule has 1 rings (SSSR count). The van der Waals surface area contributed by atoms with Crippen molar-refractivity contribution in [2.75, 3.05) is 13.1 Å². The highest BCUT2D eigenvalue weighted by molar-refractivity contribution is 5.82. The highest BCUT2D eigenvalue weighted by Gasteiger charge is 2.30. The number of hydrogen-bond acceptors (Lipinski definition) is 2. The molecule has 1 aliphatic heterocycles. The second kappa shape index (κ2) is 6.36. The van der Waals surface area contributed by atoms with Crippen molar-refractivity contribution >= 4 is 12.0 Å². The van der Waals surface area contributed by atoms with Crippen LogP contribution in [0.5, 0.6) is 0 Å². The molecule has 0 aromatic rings. The zero-order valence-electron chi connectivity index (χ0n) is 9.36. The van der Waals surface area contributed by atoms with Gasteiger partial charge in [0.1, 0.15) is 6.04 Å². The van der Waals surface area contributed by atoms with Gasteiger partial charge < -0.3 is 15.3 Å². The first kappa shape index (κ1) is 13.7. The van der Waals surface area contributed by atoms with Crippen molar-refractivity contribution in [1.29, 1.82) is 0 Å². The van der Waals surface area contributed by atoms with Crippen molar-refractivity contribution < 1.29 is 23.5 Å². The summed E-state index contributed by atoms with van der Waals surface area (Å²) in [4.78, 5) is 23.7. The fourth-order valence-electron chi connectivity index (χ4n) is 1.87. The number of nitrogens with one attached hydrogen (secondary N) is 1. The van der Waals surface area contributed by atoms with Gasteiger partial charge in [0.15, 0.2) is 0 Å². The molecule has 2 N–H and O–H groups in total. The summed E-state index contributed by atoms with van der Waals surface area (Å²) in [5.74, 6) is -1.08. The number of rotatable bonds is 3. The zero-order chi connectivity index (χ0) is 12.8. The van der Waals surface area contributed by atoms with E-state index in [1.165, 1.54) is 0 Å². The molecule has 5 nitrogen and oxygen atoms in total. The first-order valence-corrected chi connectivity index (χ1v) is 5.58. The maximum absolute atomic E-state index is 11.9. The molecule has 17 heavy (non-hydrogen) atoms. The predicted molar refractivity (Wildman–Crippen MR) is 56.0 cm³/mol.